The minimum Gasteiger partial charge on any atom is -0.381 e. The van der Waals surface area contributed by atoms with E-state index in [0.717, 1.165) is 6.42 Å². The lowest BCUT2D eigenvalue weighted by molar-refractivity contribution is -0.122. The number of hydrogen-bond acceptors (Lipinski definition) is 3. The molecule has 0 aliphatic heterocycles. The molecule has 0 radical (unpaired) electrons. The highest BCUT2D eigenvalue weighted by molar-refractivity contribution is 5.75. The van der Waals surface area contributed by atoms with Crippen molar-refractivity contribution in [1.82, 2.24) is 5.32 Å². The maximum Gasteiger partial charge on any atom is 0.222 e. The quantitative estimate of drug-likeness (QED) is 0.276. The molecule has 80 valence electrons. The first kappa shape index (κ1) is 12.7. The number of amides is 1. The zero-order valence-electron chi connectivity index (χ0n) is 8.40. The van der Waals surface area contributed by atoms with Crippen LogP contribution in [-0.4, -0.2) is 32.2 Å². The van der Waals surface area contributed by atoms with Gasteiger partial charge in [0.25, 0.3) is 0 Å². The van der Waals surface area contributed by atoms with Gasteiger partial charge < -0.3 is 10.1 Å². The average molecular weight is 200 g/mol. The van der Waals surface area contributed by atoms with E-state index in [0.29, 0.717) is 26.2 Å². The Labute approximate surface area is 83.3 Å². The molecule has 1 N–H and O–H groups in total. The Hall–Kier alpha value is -1.26. The van der Waals surface area contributed by atoms with Crippen LogP contribution >= 0.6 is 0 Å². The summed E-state index contributed by atoms with van der Waals surface area (Å²) >= 11 is 0. The van der Waals surface area contributed by atoms with Crippen LogP contribution in [0, 0.1) is 0 Å². The van der Waals surface area contributed by atoms with Gasteiger partial charge in [-0.1, -0.05) is 12.0 Å². The average Bonchev–Trinajstić information content (AvgIpc) is 2.19. The fourth-order valence-electron chi connectivity index (χ4n) is 0.790. The van der Waals surface area contributed by atoms with Gasteiger partial charge in [0.15, 0.2) is 0 Å². The smallest absolute Gasteiger partial charge is 0.222 e. The summed E-state index contributed by atoms with van der Waals surface area (Å²) in [4.78, 5) is 13.6. The number of azide groups is 1. The molecule has 6 nitrogen and oxygen atoms in total. The van der Waals surface area contributed by atoms with E-state index >= 15 is 0 Å². The number of nitrogens with zero attached hydrogens (tertiary/aromatic N) is 3. The number of carbonyl (C=O) groups excluding carboxylic acids is 1. The van der Waals surface area contributed by atoms with Crippen LogP contribution in [0.2, 0.25) is 0 Å². The third-order valence-electron chi connectivity index (χ3n) is 1.42. The van der Waals surface area contributed by atoms with E-state index in [2.05, 4.69) is 15.3 Å². The van der Waals surface area contributed by atoms with Crippen molar-refractivity contribution in [2.45, 2.75) is 19.8 Å². The largest absolute Gasteiger partial charge is 0.381 e. The Bertz CT molecular complexity index is 202. The van der Waals surface area contributed by atoms with Crippen molar-refractivity contribution < 1.29 is 9.53 Å². The Morgan fingerprint density at radius 2 is 2.36 bits per heavy atom. The van der Waals surface area contributed by atoms with E-state index in [1.165, 1.54) is 0 Å². The lowest BCUT2D eigenvalue weighted by atomic mass is 10.4. The zero-order valence-corrected chi connectivity index (χ0v) is 8.40. The molecule has 0 rings (SSSR count). The molecule has 0 aromatic heterocycles. The Morgan fingerprint density at radius 3 is 3.00 bits per heavy atom. The summed E-state index contributed by atoms with van der Waals surface area (Å²) < 4.78 is 5.14. The molecule has 0 fully saturated rings. The number of carbonyl (C=O) groups is 1. The summed E-state index contributed by atoms with van der Waals surface area (Å²) in [6, 6.07) is 0. The molecule has 14 heavy (non-hydrogen) atoms. The molecule has 0 unspecified atom stereocenters. The summed E-state index contributed by atoms with van der Waals surface area (Å²) in [5.74, 6) is -0.0748. The van der Waals surface area contributed by atoms with Gasteiger partial charge in [-0.05, 0) is 12.0 Å². The fraction of sp³-hybridized carbons (Fsp3) is 0.875. The molecule has 0 heterocycles. The number of rotatable bonds is 8. The highest BCUT2D eigenvalue weighted by Gasteiger charge is 1.98. The van der Waals surface area contributed by atoms with Gasteiger partial charge >= 0.3 is 0 Å². The predicted molar refractivity (Wildman–Crippen MR) is 52.7 cm³/mol. The lowest BCUT2D eigenvalue weighted by Crippen LogP contribution is -2.26. The molecule has 0 saturated carbocycles. The molecule has 0 saturated heterocycles. The van der Waals surface area contributed by atoms with Gasteiger partial charge in [0.1, 0.15) is 0 Å². The van der Waals surface area contributed by atoms with Crippen LogP contribution < -0.4 is 5.32 Å². The molecule has 0 bridgehead atoms. The first-order valence-electron chi connectivity index (χ1n) is 4.66. The SMILES string of the molecule is CCCOCCC(=O)NCCN=[N+]=[N-]. The second kappa shape index (κ2) is 9.83. The van der Waals surface area contributed by atoms with Crippen LogP contribution in [0.25, 0.3) is 10.4 Å². The van der Waals surface area contributed by atoms with Gasteiger partial charge in [-0.3, -0.25) is 4.79 Å². The van der Waals surface area contributed by atoms with Crippen molar-refractivity contribution in [2.24, 2.45) is 5.11 Å². The number of hydrogen-bond donors (Lipinski definition) is 1. The minimum absolute atomic E-state index is 0.0748. The molecule has 6 heteroatoms. The van der Waals surface area contributed by atoms with Gasteiger partial charge in [-0.2, -0.15) is 0 Å². The summed E-state index contributed by atoms with van der Waals surface area (Å²) in [5, 5.41) is 5.90. The predicted octanol–water partition coefficient (Wildman–Crippen LogP) is 1.23. The standard InChI is InChI=1S/C8H16N4O2/c1-2-6-14-7-3-8(13)10-4-5-11-12-9/h2-7H2,1H3,(H,10,13). The van der Waals surface area contributed by atoms with Crippen molar-refractivity contribution in [3.8, 4) is 0 Å². The summed E-state index contributed by atoms with van der Waals surface area (Å²) in [6.07, 6.45) is 1.31. The van der Waals surface area contributed by atoms with E-state index < -0.39 is 0 Å². The van der Waals surface area contributed by atoms with Crippen LogP contribution in [-0.2, 0) is 9.53 Å². The molecule has 0 atom stereocenters. The van der Waals surface area contributed by atoms with Crippen LogP contribution in [0.1, 0.15) is 19.8 Å². The topological polar surface area (TPSA) is 87.1 Å². The molecular weight excluding hydrogens is 184 g/mol. The van der Waals surface area contributed by atoms with E-state index in [9.17, 15) is 4.79 Å². The van der Waals surface area contributed by atoms with Gasteiger partial charge in [0.05, 0.1) is 6.61 Å². The third-order valence-corrected chi connectivity index (χ3v) is 1.42. The molecular formula is C8H16N4O2. The Kier molecular flexibility index (Phi) is 8.94. The minimum atomic E-state index is -0.0748. The Morgan fingerprint density at radius 1 is 1.57 bits per heavy atom. The van der Waals surface area contributed by atoms with Crippen LogP contribution in [0.4, 0.5) is 0 Å². The van der Waals surface area contributed by atoms with Crippen LogP contribution in [0.3, 0.4) is 0 Å². The molecule has 0 aromatic rings. The maximum absolute atomic E-state index is 11.0. The van der Waals surface area contributed by atoms with Gasteiger partial charge in [-0.15, -0.1) is 0 Å². The lowest BCUT2D eigenvalue weighted by Gasteiger charge is -2.03. The fourth-order valence-corrected chi connectivity index (χ4v) is 0.790. The van der Waals surface area contributed by atoms with Crippen molar-refractivity contribution in [3.63, 3.8) is 0 Å². The van der Waals surface area contributed by atoms with Gasteiger partial charge in [-0.25, -0.2) is 0 Å². The monoisotopic (exact) mass is 200 g/mol. The molecule has 1 amide bonds. The van der Waals surface area contributed by atoms with E-state index in [-0.39, 0.29) is 12.5 Å². The molecule has 0 aliphatic carbocycles. The van der Waals surface area contributed by atoms with E-state index in [1.54, 1.807) is 0 Å². The summed E-state index contributed by atoms with van der Waals surface area (Å²) in [6.45, 7) is 3.82. The second-order valence-corrected chi connectivity index (χ2v) is 2.67. The molecule has 0 aliphatic rings. The summed E-state index contributed by atoms with van der Waals surface area (Å²) in [5.41, 5.74) is 7.96. The summed E-state index contributed by atoms with van der Waals surface area (Å²) in [7, 11) is 0. The van der Waals surface area contributed by atoms with Gasteiger partial charge in [0.2, 0.25) is 5.91 Å². The van der Waals surface area contributed by atoms with E-state index in [4.69, 9.17) is 10.3 Å². The third kappa shape index (κ3) is 8.83. The van der Waals surface area contributed by atoms with Crippen molar-refractivity contribution >= 4 is 5.91 Å². The van der Waals surface area contributed by atoms with Crippen LogP contribution in [0.15, 0.2) is 5.11 Å². The van der Waals surface area contributed by atoms with Crippen molar-refractivity contribution in [1.29, 1.82) is 0 Å². The second-order valence-electron chi connectivity index (χ2n) is 2.67. The van der Waals surface area contributed by atoms with Crippen molar-refractivity contribution in [3.05, 3.63) is 10.4 Å². The molecule has 0 spiro atoms. The van der Waals surface area contributed by atoms with E-state index in [1.807, 2.05) is 6.92 Å². The zero-order chi connectivity index (χ0) is 10.6. The number of ether oxygens (including phenoxy) is 1. The maximum atomic E-state index is 11.0. The highest BCUT2D eigenvalue weighted by atomic mass is 16.5. The van der Waals surface area contributed by atoms with Crippen molar-refractivity contribution in [2.75, 3.05) is 26.3 Å². The first-order chi connectivity index (χ1) is 6.81. The first-order valence-corrected chi connectivity index (χ1v) is 4.66. The van der Waals surface area contributed by atoms with Gasteiger partial charge in [0, 0.05) is 31.0 Å². The van der Waals surface area contributed by atoms with Crippen LogP contribution in [0.5, 0.6) is 0 Å². The highest BCUT2D eigenvalue weighted by Crippen LogP contribution is 1.85. The molecule has 0 aromatic carbocycles. The number of nitrogens with one attached hydrogen (secondary N) is 1. The Balaban J connectivity index is 3.23. The normalized spacial score (nSPS) is 9.21.